The summed E-state index contributed by atoms with van der Waals surface area (Å²) in [5.74, 6) is 1.45. The largest absolute Gasteiger partial charge is 0.491 e. The van der Waals surface area contributed by atoms with E-state index in [1.54, 1.807) is 0 Å². The molecule has 20 heavy (non-hydrogen) atoms. The quantitative estimate of drug-likeness (QED) is 0.886. The minimum Gasteiger partial charge on any atom is -0.491 e. The van der Waals surface area contributed by atoms with Crippen LogP contribution in [0.1, 0.15) is 41.4 Å². The maximum atomic E-state index is 12.1. The number of nitrogens with zero attached hydrogens (tertiary/aromatic N) is 2. The molecule has 0 spiro atoms. The molecular formula is C14H16N4O2. The van der Waals surface area contributed by atoms with Crippen LogP contribution in [0.2, 0.25) is 0 Å². The highest BCUT2D eigenvalue weighted by Gasteiger charge is 2.26. The molecule has 1 aliphatic rings. The van der Waals surface area contributed by atoms with Crippen LogP contribution in [0.15, 0.2) is 24.3 Å². The topological polar surface area (TPSA) is 79.9 Å². The predicted octanol–water partition coefficient (Wildman–Crippen LogP) is 1.62. The van der Waals surface area contributed by atoms with Crippen molar-refractivity contribution >= 4 is 5.91 Å². The number of aromatic amines is 1. The third-order valence-electron chi connectivity index (χ3n) is 3.23. The lowest BCUT2D eigenvalue weighted by Gasteiger charge is -2.09. The maximum Gasteiger partial charge on any atom is 0.291 e. The van der Waals surface area contributed by atoms with Gasteiger partial charge in [-0.1, -0.05) is 25.1 Å². The van der Waals surface area contributed by atoms with Crippen molar-refractivity contribution in [3.8, 4) is 5.75 Å². The van der Waals surface area contributed by atoms with Gasteiger partial charge in [0.2, 0.25) is 5.82 Å². The molecule has 2 N–H and O–H groups in total. The number of aryl methyl sites for hydroxylation is 1. The zero-order chi connectivity index (χ0) is 13.9. The number of fused-ring (bicyclic) bond motifs is 1. The van der Waals surface area contributed by atoms with Crippen molar-refractivity contribution in [3.63, 3.8) is 0 Å². The number of hydrogen-bond donors (Lipinski definition) is 2. The van der Waals surface area contributed by atoms with E-state index in [1.807, 2.05) is 24.3 Å². The van der Waals surface area contributed by atoms with E-state index in [-0.39, 0.29) is 17.8 Å². The highest BCUT2D eigenvalue weighted by molar-refractivity contribution is 5.90. The molecule has 6 nitrogen and oxygen atoms in total. The summed E-state index contributed by atoms with van der Waals surface area (Å²) in [6, 6.07) is 7.54. The highest BCUT2D eigenvalue weighted by Crippen LogP contribution is 2.31. The van der Waals surface area contributed by atoms with Crippen LogP contribution in [-0.2, 0) is 6.42 Å². The van der Waals surface area contributed by atoms with E-state index in [0.29, 0.717) is 6.61 Å². The summed E-state index contributed by atoms with van der Waals surface area (Å²) in [5, 5.41) is 9.62. The summed E-state index contributed by atoms with van der Waals surface area (Å²) in [4.78, 5) is 16.3. The van der Waals surface area contributed by atoms with E-state index >= 15 is 0 Å². The second-order valence-electron chi connectivity index (χ2n) is 4.73. The Labute approximate surface area is 116 Å². The van der Waals surface area contributed by atoms with Gasteiger partial charge in [0.1, 0.15) is 18.2 Å². The van der Waals surface area contributed by atoms with Crippen LogP contribution in [0.25, 0.3) is 0 Å². The number of ether oxygens (including phenoxy) is 1. The Bertz CT molecular complexity index is 623. The molecule has 0 saturated carbocycles. The third kappa shape index (κ3) is 2.36. The van der Waals surface area contributed by atoms with Gasteiger partial charge in [-0.3, -0.25) is 9.89 Å². The Hall–Kier alpha value is -2.37. The van der Waals surface area contributed by atoms with Crippen LogP contribution in [0.3, 0.4) is 0 Å². The lowest BCUT2D eigenvalue weighted by Crippen LogP contribution is -2.30. The molecule has 0 bridgehead atoms. The number of aromatic nitrogens is 3. The second-order valence-corrected chi connectivity index (χ2v) is 4.73. The first-order valence-electron chi connectivity index (χ1n) is 6.71. The molecule has 0 fully saturated rings. The highest BCUT2D eigenvalue weighted by atomic mass is 16.5. The summed E-state index contributed by atoms with van der Waals surface area (Å²) in [6.07, 6.45) is 1.75. The SMILES string of the molecule is CCCc1nc(C(=O)NC2COc3ccccc32)n[nH]1. The zero-order valence-electron chi connectivity index (χ0n) is 11.2. The van der Waals surface area contributed by atoms with E-state index in [0.717, 1.165) is 30.0 Å². The van der Waals surface area contributed by atoms with Gasteiger partial charge in [0.05, 0.1) is 6.04 Å². The molecule has 2 heterocycles. The smallest absolute Gasteiger partial charge is 0.291 e. The molecule has 6 heteroatoms. The van der Waals surface area contributed by atoms with E-state index in [9.17, 15) is 4.79 Å². The van der Waals surface area contributed by atoms with E-state index in [1.165, 1.54) is 0 Å². The first-order chi connectivity index (χ1) is 9.78. The van der Waals surface area contributed by atoms with Gasteiger partial charge in [-0.2, -0.15) is 0 Å². The van der Waals surface area contributed by atoms with Crippen molar-refractivity contribution in [2.45, 2.75) is 25.8 Å². The first kappa shape index (κ1) is 12.7. The summed E-state index contributed by atoms with van der Waals surface area (Å²) >= 11 is 0. The maximum absolute atomic E-state index is 12.1. The number of para-hydroxylation sites is 1. The molecule has 1 atom stereocenters. The number of H-pyrrole nitrogens is 1. The van der Waals surface area contributed by atoms with Crippen molar-refractivity contribution in [3.05, 3.63) is 41.5 Å². The Morgan fingerprint density at radius 1 is 1.50 bits per heavy atom. The number of carbonyl (C=O) groups excluding carboxylic acids is 1. The summed E-state index contributed by atoms with van der Waals surface area (Å²) < 4.78 is 5.53. The Morgan fingerprint density at radius 2 is 2.35 bits per heavy atom. The summed E-state index contributed by atoms with van der Waals surface area (Å²) in [6.45, 7) is 2.49. The van der Waals surface area contributed by atoms with Crippen molar-refractivity contribution < 1.29 is 9.53 Å². The van der Waals surface area contributed by atoms with Gasteiger partial charge in [-0.05, 0) is 12.5 Å². The Balaban J connectivity index is 1.70. The van der Waals surface area contributed by atoms with Crippen LogP contribution in [-0.4, -0.2) is 27.7 Å². The van der Waals surface area contributed by atoms with Crippen LogP contribution >= 0.6 is 0 Å². The lowest BCUT2D eigenvalue weighted by atomic mass is 10.1. The Kier molecular flexibility index (Phi) is 3.37. The minimum atomic E-state index is -0.283. The molecule has 3 rings (SSSR count). The predicted molar refractivity (Wildman–Crippen MR) is 72.5 cm³/mol. The molecule has 0 radical (unpaired) electrons. The van der Waals surface area contributed by atoms with Crippen LogP contribution in [0.5, 0.6) is 5.75 Å². The molecule has 1 amide bonds. The normalized spacial score (nSPS) is 16.6. The third-order valence-corrected chi connectivity index (χ3v) is 3.23. The number of carbonyl (C=O) groups is 1. The number of benzene rings is 1. The fourth-order valence-corrected chi connectivity index (χ4v) is 2.25. The van der Waals surface area contributed by atoms with Crippen LogP contribution < -0.4 is 10.1 Å². The summed E-state index contributed by atoms with van der Waals surface area (Å²) in [7, 11) is 0. The average molecular weight is 272 g/mol. The van der Waals surface area contributed by atoms with Crippen molar-refractivity contribution in [2.24, 2.45) is 0 Å². The molecule has 1 unspecified atom stereocenters. The van der Waals surface area contributed by atoms with Crippen LogP contribution in [0, 0.1) is 0 Å². The standard InChI is InChI=1S/C14H16N4O2/c1-2-5-12-16-13(18-17-12)14(19)15-10-8-20-11-7-4-3-6-9(10)11/h3-4,6-7,10H,2,5,8H2,1H3,(H,15,19)(H,16,17,18). The number of nitrogens with one attached hydrogen (secondary N) is 2. The van der Waals surface area contributed by atoms with E-state index < -0.39 is 0 Å². The van der Waals surface area contributed by atoms with Gasteiger partial charge in [0, 0.05) is 12.0 Å². The fraction of sp³-hybridized carbons (Fsp3) is 0.357. The van der Waals surface area contributed by atoms with Crippen molar-refractivity contribution in [1.29, 1.82) is 0 Å². The van der Waals surface area contributed by atoms with E-state index in [4.69, 9.17) is 4.74 Å². The van der Waals surface area contributed by atoms with Crippen LogP contribution in [0.4, 0.5) is 0 Å². The number of hydrogen-bond acceptors (Lipinski definition) is 4. The van der Waals surface area contributed by atoms with Gasteiger partial charge in [0.15, 0.2) is 0 Å². The molecule has 0 saturated heterocycles. The Morgan fingerprint density at radius 3 is 3.20 bits per heavy atom. The molecule has 2 aromatic rings. The number of amides is 1. The lowest BCUT2D eigenvalue weighted by molar-refractivity contribution is 0.0920. The molecule has 0 aliphatic carbocycles. The van der Waals surface area contributed by atoms with Gasteiger partial charge < -0.3 is 10.1 Å². The van der Waals surface area contributed by atoms with Crippen molar-refractivity contribution in [2.75, 3.05) is 6.61 Å². The molecule has 104 valence electrons. The summed E-state index contributed by atoms with van der Waals surface area (Å²) in [5.41, 5.74) is 0.991. The molecule has 1 aromatic heterocycles. The zero-order valence-corrected chi connectivity index (χ0v) is 11.2. The second kappa shape index (κ2) is 5.32. The van der Waals surface area contributed by atoms with Gasteiger partial charge in [-0.15, -0.1) is 5.10 Å². The monoisotopic (exact) mass is 272 g/mol. The average Bonchev–Trinajstić information content (AvgIpc) is 3.07. The molecule has 1 aliphatic heterocycles. The van der Waals surface area contributed by atoms with Gasteiger partial charge >= 0.3 is 0 Å². The fourth-order valence-electron chi connectivity index (χ4n) is 2.25. The molecular weight excluding hydrogens is 256 g/mol. The van der Waals surface area contributed by atoms with Gasteiger partial charge in [-0.25, -0.2) is 4.98 Å². The number of rotatable bonds is 4. The minimum absolute atomic E-state index is 0.146. The first-order valence-corrected chi connectivity index (χ1v) is 6.71. The molecule has 1 aromatic carbocycles. The van der Waals surface area contributed by atoms with Crippen molar-refractivity contribution in [1.82, 2.24) is 20.5 Å². The van der Waals surface area contributed by atoms with Gasteiger partial charge in [0.25, 0.3) is 5.91 Å². The van der Waals surface area contributed by atoms with E-state index in [2.05, 4.69) is 27.4 Å².